The highest BCUT2D eigenvalue weighted by molar-refractivity contribution is 6.30. The van der Waals surface area contributed by atoms with Crippen molar-refractivity contribution in [1.29, 1.82) is 0 Å². The Morgan fingerprint density at radius 1 is 1.29 bits per heavy atom. The number of carbonyl (C=O) groups excluding carboxylic acids is 1. The number of methoxy groups -OCH3 is 1. The summed E-state index contributed by atoms with van der Waals surface area (Å²) >= 11 is 5.67. The molecule has 2 aromatic rings. The molecular weight excluding hydrogens is 293 g/mol. The number of benzene rings is 2. The maximum Gasteiger partial charge on any atom is 0.332 e. The number of halogens is 2. The number of rotatable bonds is 4. The summed E-state index contributed by atoms with van der Waals surface area (Å²) in [7, 11) is 1.29. The van der Waals surface area contributed by atoms with Crippen molar-refractivity contribution in [3.8, 4) is 0 Å². The summed E-state index contributed by atoms with van der Waals surface area (Å²) in [6.45, 7) is 1.92. The Balaban J connectivity index is 2.37. The van der Waals surface area contributed by atoms with Gasteiger partial charge in [0.15, 0.2) is 6.04 Å². The van der Waals surface area contributed by atoms with E-state index in [-0.39, 0.29) is 5.02 Å². The van der Waals surface area contributed by atoms with Gasteiger partial charge < -0.3 is 10.1 Å². The van der Waals surface area contributed by atoms with E-state index in [4.69, 9.17) is 16.3 Å². The molecule has 0 bridgehead atoms. The molecule has 1 N–H and O–H groups in total. The highest BCUT2D eigenvalue weighted by atomic mass is 35.5. The summed E-state index contributed by atoms with van der Waals surface area (Å²) in [4.78, 5) is 12.0. The molecule has 0 heterocycles. The number of ether oxygens (including phenoxy) is 1. The molecule has 1 unspecified atom stereocenters. The number of hydrogen-bond donors (Lipinski definition) is 1. The van der Waals surface area contributed by atoms with E-state index >= 15 is 0 Å². The molecule has 0 aliphatic carbocycles. The molecule has 21 heavy (non-hydrogen) atoms. The van der Waals surface area contributed by atoms with Gasteiger partial charge in [0.2, 0.25) is 0 Å². The van der Waals surface area contributed by atoms with Crippen molar-refractivity contribution in [3.05, 3.63) is 64.4 Å². The van der Waals surface area contributed by atoms with Crippen LogP contribution in [0.3, 0.4) is 0 Å². The lowest BCUT2D eigenvalue weighted by Gasteiger charge is -2.19. The summed E-state index contributed by atoms with van der Waals surface area (Å²) in [5, 5.41) is 3.09. The molecule has 0 fully saturated rings. The third kappa shape index (κ3) is 3.52. The fraction of sp³-hybridized carbons (Fsp3) is 0.188. The summed E-state index contributed by atoms with van der Waals surface area (Å²) in [5.74, 6) is -1.07. The van der Waals surface area contributed by atoms with Crippen LogP contribution >= 0.6 is 11.6 Å². The van der Waals surface area contributed by atoms with Gasteiger partial charge >= 0.3 is 5.97 Å². The van der Waals surface area contributed by atoms with Crippen molar-refractivity contribution in [1.82, 2.24) is 0 Å². The van der Waals surface area contributed by atoms with Crippen LogP contribution in [-0.2, 0) is 9.53 Å². The predicted octanol–water partition coefficient (Wildman–Crippen LogP) is 4.11. The first-order valence-corrected chi connectivity index (χ1v) is 6.75. The molecule has 110 valence electrons. The van der Waals surface area contributed by atoms with Gasteiger partial charge in [-0.15, -0.1) is 0 Å². The molecule has 1 atom stereocenters. The monoisotopic (exact) mass is 307 g/mol. The molecule has 2 aromatic carbocycles. The van der Waals surface area contributed by atoms with Crippen molar-refractivity contribution >= 4 is 23.3 Å². The van der Waals surface area contributed by atoms with Gasteiger partial charge in [-0.2, -0.15) is 0 Å². The van der Waals surface area contributed by atoms with E-state index in [2.05, 4.69) is 5.32 Å². The van der Waals surface area contributed by atoms with Crippen molar-refractivity contribution < 1.29 is 13.9 Å². The Morgan fingerprint density at radius 3 is 2.62 bits per heavy atom. The summed E-state index contributed by atoms with van der Waals surface area (Å²) in [6, 6.07) is 11.0. The van der Waals surface area contributed by atoms with E-state index in [0.29, 0.717) is 5.56 Å². The number of nitrogens with one attached hydrogen (secondary N) is 1. The molecule has 0 saturated heterocycles. The number of aryl methyl sites for hydroxylation is 1. The summed E-state index contributed by atoms with van der Waals surface area (Å²) < 4.78 is 18.4. The summed E-state index contributed by atoms with van der Waals surface area (Å²) in [6.07, 6.45) is 0. The van der Waals surface area contributed by atoms with Crippen LogP contribution in [0, 0.1) is 12.7 Å². The number of esters is 1. The molecule has 3 nitrogen and oxygen atoms in total. The van der Waals surface area contributed by atoms with Crippen LogP contribution in [-0.4, -0.2) is 13.1 Å². The van der Waals surface area contributed by atoms with E-state index < -0.39 is 17.8 Å². The molecule has 0 spiro atoms. The maximum absolute atomic E-state index is 13.6. The first-order valence-electron chi connectivity index (χ1n) is 6.38. The number of anilines is 1. The van der Waals surface area contributed by atoms with E-state index in [9.17, 15) is 9.18 Å². The van der Waals surface area contributed by atoms with E-state index in [1.54, 1.807) is 6.07 Å². The highest BCUT2D eigenvalue weighted by Gasteiger charge is 2.22. The Kier molecular flexibility index (Phi) is 4.81. The third-order valence-corrected chi connectivity index (χ3v) is 3.47. The molecule has 0 aliphatic rings. The maximum atomic E-state index is 13.6. The fourth-order valence-corrected chi connectivity index (χ4v) is 2.10. The van der Waals surface area contributed by atoms with E-state index in [0.717, 1.165) is 11.3 Å². The summed E-state index contributed by atoms with van der Waals surface area (Å²) in [5.41, 5.74) is 2.20. The zero-order chi connectivity index (χ0) is 15.4. The van der Waals surface area contributed by atoms with Gasteiger partial charge in [-0.3, -0.25) is 0 Å². The zero-order valence-corrected chi connectivity index (χ0v) is 12.4. The average Bonchev–Trinajstić information content (AvgIpc) is 2.48. The highest BCUT2D eigenvalue weighted by Crippen LogP contribution is 2.26. The molecule has 0 aromatic heterocycles. The second-order valence-electron chi connectivity index (χ2n) is 4.59. The van der Waals surface area contributed by atoms with E-state index in [1.165, 1.54) is 19.2 Å². The van der Waals surface area contributed by atoms with Gasteiger partial charge in [0.25, 0.3) is 0 Å². The normalized spacial score (nSPS) is 11.8. The first-order chi connectivity index (χ1) is 10.0. The van der Waals surface area contributed by atoms with Crippen LogP contribution in [0.2, 0.25) is 5.02 Å². The molecule has 0 aliphatic heterocycles. The zero-order valence-electron chi connectivity index (χ0n) is 11.7. The minimum atomic E-state index is -0.803. The van der Waals surface area contributed by atoms with Gasteiger partial charge in [-0.05, 0) is 36.2 Å². The number of hydrogen-bond acceptors (Lipinski definition) is 3. The van der Waals surface area contributed by atoms with Crippen LogP contribution in [0.4, 0.5) is 10.1 Å². The van der Waals surface area contributed by atoms with Gasteiger partial charge in [-0.25, -0.2) is 9.18 Å². The minimum absolute atomic E-state index is 0.0123. The van der Waals surface area contributed by atoms with Gasteiger partial charge in [-0.1, -0.05) is 35.9 Å². The van der Waals surface area contributed by atoms with Crippen molar-refractivity contribution in [2.24, 2.45) is 0 Å². The predicted molar refractivity (Wildman–Crippen MR) is 81.0 cm³/mol. The van der Waals surface area contributed by atoms with E-state index in [1.807, 2.05) is 31.2 Å². The molecule has 0 amide bonds. The lowest BCUT2D eigenvalue weighted by atomic mass is 10.1. The molecule has 0 radical (unpaired) electrons. The smallest absolute Gasteiger partial charge is 0.332 e. The molecular formula is C16H15ClFNO2. The second kappa shape index (κ2) is 6.59. The van der Waals surface area contributed by atoms with Gasteiger partial charge in [0, 0.05) is 5.69 Å². The minimum Gasteiger partial charge on any atom is -0.467 e. The van der Waals surface area contributed by atoms with Gasteiger partial charge in [0.1, 0.15) is 5.82 Å². The van der Waals surface area contributed by atoms with Crippen LogP contribution in [0.15, 0.2) is 42.5 Å². The largest absolute Gasteiger partial charge is 0.467 e. The number of carbonyl (C=O) groups is 1. The molecule has 2 rings (SSSR count). The second-order valence-corrected chi connectivity index (χ2v) is 5.00. The lowest BCUT2D eigenvalue weighted by molar-refractivity contribution is -0.141. The number of para-hydroxylation sites is 1. The van der Waals surface area contributed by atoms with Crippen LogP contribution in [0.1, 0.15) is 17.2 Å². The topological polar surface area (TPSA) is 38.3 Å². The molecule has 5 heteroatoms. The molecule has 0 saturated carbocycles. The quantitative estimate of drug-likeness (QED) is 0.864. The third-order valence-electron chi connectivity index (χ3n) is 3.16. The van der Waals surface area contributed by atoms with Crippen molar-refractivity contribution in [2.75, 3.05) is 12.4 Å². The lowest BCUT2D eigenvalue weighted by Crippen LogP contribution is -2.22. The Hall–Kier alpha value is -2.07. The van der Waals surface area contributed by atoms with Crippen molar-refractivity contribution in [2.45, 2.75) is 13.0 Å². The SMILES string of the molecule is COC(=O)C(Nc1ccccc1C)c1ccc(Cl)c(F)c1. The Morgan fingerprint density at radius 2 is 2.00 bits per heavy atom. The van der Waals surface area contributed by atoms with Crippen LogP contribution < -0.4 is 5.32 Å². The van der Waals surface area contributed by atoms with Gasteiger partial charge in [0.05, 0.1) is 12.1 Å². The standard InChI is InChI=1S/C16H15ClFNO2/c1-10-5-3-4-6-14(10)19-15(16(20)21-2)11-7-8-12(17)13(18)9-11/h3-9,15,19H,1-2H3. The fourth-order valence-electron chi connectivity index (χ4n) is 1.98. The van der Waals surface area contributed by atoms with Crippen LogP contribution in [0.25, 0.3) is 0 Å². The van der Waals surface area contributed by atoms with Crippen LogP contribution in [0.5, 0.6) is 0 Å². The average molecular weight is 308 g/mol. The van der Waals surface area contributed by atoms with Crippen molar-refractivity contribution in [3.63, 3.8) is 0 Å². The Bertz CT molecular complexity index is 660. The Labute approximate surface area is 127 Å². The first kappa shape index (κ1) is 15.3.